The van der Waals surface area contributed by atoms with Crippen LogP contribution in [-0.4, -0.2) is 24.9 Å². The zero-order valence-corrected chi connectivity index (χ0v) is 9.18. The number of nitrogens with zero attached hydrogens (tertiary/aromatic N) is 1. The lowest BCUT2D eigenvalue weighted by atomic mass is 10.3. The monoisotopic (exact) mass is 227 g/mol. The molecule has 0 radical (unpaired) electrons. The van der Waals surface area contributed by atoms with E-state index in [4.69, 9.17) is 16.9 Å². The van der Waals surface area contributed by atoms with E-state index < -0.39 is 0 Å². The first-order valence-corrected chi connectivity index (χ1v) is 5.08. The third-order valence-electron chi connectivity index (χ3n) is 1.47. The van der Waals surface area contributed by atoms with E-state index in [0.717, 1.165) is 0 Å². The first kappa shape index (κ1) is 13.5. The molecule has 0 spiro atoms. The van der Waals surface area contributed by atoms with Gasteiger partial charge in [-0.2, -0.15) is 5.26 Å². The van der Waals surface area contributed by atoms with Gasteiger partial charge in [0.05, 0.1) is 0 Å². The first-order valence-electron chi connectivity index (χ1n) is 4.55. The summed E-state index contributed by atoms with van der Waals surface area (Å²) in [6.07, 6.45) is 3.70. The van der Waals surface area contributed by atoms with Crippen molar-refractivity contribution in [3.05, 3.63) is 24.4 Å². The molecule has 0 aromatic carbocycles. The second-order valence-electron chi connectivity index (χ2n) is 2.67. The Kier molecular flexibility index (Phi) is 8.21. The van der Waals surface area contributed by atoms with E-state index >= 15 is 0 Å². The second-order valence-corrected chi connectivity index (χ2v) is 3.04. The molecule has 0 fully saturated rings. The Morgan fingerprint density at radius 3 is 2.87 bits per heavy atom. The lowest BCUT2D eigenvalue weighted by Crippen LogP contribution is -2.26. The molecule has 0 rings (SSSR count). The van der Waals surface area contributed by atoms with Crippen molar-refractivity contribution in [1.82, 2.24) is 10.6 Å². The topological polar surface area (TPSA) is 64.9 Å². The minimum absolute atomic E-state index is 0.0476. The van der Waals surface area contributed by atoms with Crippen LogP contribution in [0.2, 0.25) is 0 Å². The maximum Gasteiger partial charge on any atom is 0.263 e. The fourth-order valence-corrected chi connectivity index (χ4v) is 0.891. The number of carbonyl (C=O) groups excluding carboxylic acids is 1. The third-order valence-corrected chi connectivity index (χ3v) is 1.74. The SMILES string of the molecule is C=CCN/C=C(/C#N)C(=O)NCCCCl. The lowest BCUT2D eigenvalue weighted by Gasteiger charge is -2.02. The van der Waals surface area contributed by atoms with Gasteiger partial charge in [-0.1, -0.05) is 6.08 Å². The molecule has 0 heterocycles. The van der Waals surface area contributed by atoms with Crippen molar-refractivity contribution in [2.45, 2.75) is 6.42 Å². The highest BCUT2D eigenvalue weighted by molar-refractivity contribution is 6.17. The number of nitriles is 1. The molecule has 0 aliphatic rings. The van der Waals surface area contributed by atoms with Crippen LogP contribution in [0.4, 0.5) is 0 Å². The summed E-state index contributed by atoms with van der Waals surface area (Å²) in [6, 6.07) is 1.81. The first-order chi connectivity index (χ1) is 7.26. The Balaban J connectivity index is 4.05. The number of alkyl halides is 1. The molecule has 5 heteroatoms. The summed E-state index contributed by atoms with van der Waals surface area (Å²) in [4.78, 5) is 11.3. The van der Waals surface area contributed by atoms with Gasteiger partial charge < -0.3 is 10.6 Å². The van der Waals surface area contributed by atoms with E-state index in [2.05, 4.69) is 17.2 Å². The van der Waals surface area contributed by atoms with E-state index in [1.54, 1.807) is 12.1 Å². The van der Waals surface area contributed by atoms with E-state index in [9.17, 15) is 4.79 Å². The highest BCUT2D eigenvalue weighted by atomic mass is 35.5. The van der Waals surface area contributed by atoms with Gasteiger partial charge >= 0.3 is 0 Å². The molecule has 0 bridgehead atoms. The molecule has 1 amide bonds. The molecular formula is C10H14ClN3O. The maximum absolute atomic E-state index is 11.3. The Bertz CT molecular complexity index is 281. The molecule has 4 nitrogen and oxygen atoms in total. The normalized spacial score (nSPS) is 10.3. The molecule has 82 valence electrons. The molecule has 0 unspecified atom stereocenters. The second kappa shape index (κ2) is 9.10. The molecule has 0 aromatic heterocycles. The number of halogens is 1. The van der Waals surface area contributed by atoms with Crippen molar-refractivity contribution in [2.24, 2.45) is 0 Å². The van der Waals surface area contributed by atoms with Crippen molar-refractivity contribution in [1.29, 1.82) is 5.26 Å². The van der Waals surface area contributed by atoms with Gasteiger partial charge in [0.15, 0.2) is 0 Å². The van der Waals surface area contributed by atoms with Crippen LogP contribution in [-0.2, 0) is 4.79 Å². The number of amides is 1. The summed E-state index contributed by atoms with van der Waals surface area (Å²) >= 11 is 5.45. The van der Waals surface area contributed by atoms with E-state index in [1.807, 2.05) is 0 Å². The average Bonchev–Trinajstić information content (AvgIpc) is 2.24. The van der Waals surface area contributed by atoms with Crippen molar-refractivity contribution in [3.8, 4) is 6.07 Å². The van der Waals surface area contributed by atoms with Crippen molar-refractivity contribution in [3.63, 3.8) is 0 Å². The van der Waals surface area contributed by atoms with Crippen LogP contribution in [0.5, 0.6) is 0 Å². The summed E-state index contributed by atoms with van der Waals surface area (Å²) in [5.41, 5.74) is 0.0476. The number of hydrogen-bond donors (Lipinski definition) is 2. The summed E-state index contributed by atoms with van der Waals surface area (Å²) in [5.74, 6) is 0.0971. The minimum Gasteiger partial charge on any atom is -0.386 e. The number of nitrogens with one attached hydrogen (secondary N) is 2. The van der Waals surface area contributed by atoms with Crippen molar-refractivity contribution >= 4 is 17.5 Å². The van der Waals surface area contributed by atoms with E-state index in [1.165, 1.54) is 6.20 Å². The molecule has 0 atom stereocenters. The van der Waals surface area contributed by atoms with Crippen LogP contribution >= 0.6 is 11.6 Å². The summed E-state index contributed by atoms with van der Waals surface area (Å²) in [6.45, 7) is 4.49. The summed E-state index contributed by atoms with van der Waals surface area (Å²) in [7, 11) is 0. The van der Waals surface area contributed by atoms with Gasteiger partial charge in [-0.15, -0.1) is 18.2 Å². The van der Waals surface area contributed by atoms with Gasteiger partial charge in [-0.25, -0.2) is 0 Å². The van der Waals surface area contributed by atoms with E-state index in [-0.39, 0.29) is 11.5 Å². The van der Waals surface area contributed by atoms with Crippen LogP contribution in [0.1, 0.15) is 6.42 Å². The fourth-order valence-electron chi connectivity index (χ4n) is 0.757. The van der Waals surface area contributed by atoms with Gasteiger partial charge in [0.1, 0.15) is 11.6 Å². The third kappa shape index (κ3) is 6.58. The zero-order chi connectivity index (χ0) is 11.5. The summed E-state index contributed by atoms with van der Waals surface area (Å²) < 4.78 is 0. The zero-order valence-electron chi connectivity index (χ0n) is 8.42. The smallest absolute Gasteiger partial charge is 0.263 e. The Morgan fingerprint density at radius 1 is 1.60 bits per heavy atom. The Hall–Kier alpha value is -1.47. The molecular weight excluding hydrogens is 214 g/mol. The van der Waals surface area contributed by atoms with Gasteiger partial charge in [-0.3, -0.25) is 4.79 Å². The van der Waals surface area contributed by atoms with Gasteiger partial charge in [0.25, 0.3) is 5.91 Å². The molecule has 15 heavy (non-hydrogen) atoms. The lowest BCUT2D eigenvalue weighted by molar-refractivity contribution is -0.117. The standard InChI is InChI=1S/C10H14ClN3O/c1-2-5-13-8-9(7-12)10(15)14-6-3-4-11/h2,8,13H,1,3-6H2,(H,14,15)/b9-8-. The predicted octanol–water partition coefficient (Wildman–Crippen LogP) is 0.915. The highest BCUT2D eigenvalue weighted by Crippen LogP contribution is 1.91. The number of hydrogen-bond acceptors (Lipinski definition) is 3. The molecule has 0 saturated heterocycles. The van der Waals surface area contributed by atoms with E-state index in [0.29, 0.717) is 25.4 Å². The summed E-state index contributed by atoms with van der Waals surface area (Å²) in [5, 5.41) is 14.0. The largest absolute Gasteiger partial charge is 0.386 e. The van der Waals surface area contributed by atoms with Crippen LogP contribution < -0.4 is 10.6 Å². The van der Waals surface area contributed by atoms with Gasteiger partial charge in [-0.05, 0) is 6.42 Å². The predicted molar refractivity (Wildman–Crippen MR) is 60.2 cm³/mol. The Labute approximate surface area is 94.6 Å². The van der Waals surface area contributed by atoms with Crippen molar-refractivity contribution < 1.29 is 4.79 Å². The minimum atomic E-state index is -0.390. The molecule has 0 aromatic rings. The van der Waals surface area contributed by atoms with Crippen LogP contribution in [0.15, 0.2) is 24.4 Å². The van der Waals surface area contributed by atoms with Crippen LogP contribution in [0, 0.1) is 11.3 Å². The molecule has 0 saturated carbocycles. The van der Waals surface area contributed by atoms with Crippen LogP contribution in [0.25, 0.3) is 0 Å². The maximum atomic E-state index is 11.3. The highest BCUT2D eigenvalue weighted by Gasteiger charge is 2.06. The van der Waals surface area contributed by atoms with Gasteiger partial charge in [0.2, 0.25) is 0 Å². The number of carbonyl (C=O) groups is 1. The van der Waals surface area contributed by atoms with Crippen LogP contribution in [0.3, 0.4) is 0 Å². The number of rotatable bonds is 7. The average molecular weight is 228 g/mol. The Morgan fingerprint density at radius 2 is 2.33 bits per heavy atom. The fraction of sp³-hybridized carbons (Fsp3) is 0.400. The quantitative estimate of drug-likeness (QED) is 0.223. The molecule has 0 aliphatic heterocycles. The molecule has 0 aliphatic carbocycles. The molecule has 2 N–H and O–H groups in total. The van der Waals surface area contributed by atoms with Gasteiger partial charge in [0, 0.05) is 25.2 Å². The van der Waals surface area contributed by atoms with Crippen molar-refractivity contribution in [2.75, 3.05) is 19.0 Å².